The van der Waals surface area contributed by atoms with Crippen molar-refractivity contribution in [2.45, 2.75) is 19.4 Å². The molecule has 156 valence electrons. The largest absolute Gasteiger partial charge is 0.464 e. The van der Waals surface area contributed by atoms with Crippen LogP contribution in [0.5, 0.6) is 0 Å². The van der Waals surface area contributed by atoms with Gasteiger partial charge in [-0.1, -0.05) is 24.3 Å². The first kappa shape index (κ1) is 20.3. The van der Waals surface area contributed by atoms with Crippen molar-refractivity contribution in [1.82, 2.24) is 4.90 Å². The fraction of sp³-hybridized carbons (Fsp3) is 0.167. The Hall–Kier alpha value is -4.00. The molecule has 3 aromatic rings. The van der Waals surface area contributed by atoms with Crippen molar-refractivity contribution < 1.29 is 23.5 Å². The van der Waals surface area contributed by atoms with Gasteiger partial charge in [-0.3, -0.25) is 19.5 Å². The van der Waals surface area contributed by atoms with Crippen LogP contribution in [0.25, 0.3) is 0 Å². The standard InChI is InChI=1S/C24H20N2O5/c1-2-30-24(29)21(26-22(27)19-7-3-4-8-20(19)23(26)28)14-16-9-11-17(12-10-16)25-15-18-6-5-13-31-18/h3-13,15,21H,2,14H2,1H3/t21-/m0/s1. The topological polar surface area (TPSA) is 89.2 Å². The van der Waals surface area contributed by atoms with Crippen LogP contribution >= 0.6 is 0 Å². The molecule has 0 radical (unpaired) electrons. The van der Waals surface area contributed by atoms with Gasteiger partial charge >= 0.3 is 5.97 Å². The number of rotatable bonds is 7. The molecule has 1 aliphatic rings. The number of fused-ring (bicyclic) bond motifs is 1. The molecule has 7 heteroatoms. The van der Waals surface area contributed by atoms with Crippen LogP contribution in [0.2, 0.25) is 0 Å². The van der Waals surface area contributed by atoms with E-state index >= 15 is 0 Å². The van der Waals surface area contributed by atoms with Crippen LogP contribution in [0, 0.1) is 0 Å². The van der Waals surface area contributed by atoms with Gasteiger partial charge < -0.3 is 9.15 Å². The molecule has 0 spiro atoms. The maximum absolute atomic E-state index is 12.9. The van der Waals surface area contributed by atoms with E-state index in [0.717, 1.165) is 10.5 Å². The van der Waals surface area contributed by atoms with Crippen LogP contribution in [-0.4, -0.2) is 41.5 Å². The molecule has 2 amide bonds. The van der Waals surface area contributed by atoms with Crippen LogP contribution in [0.3, 0.4) is 0 Å². The molecule has 0 aliphatic carbocycles. The quantitative estimate of drug-likeness (QED) is 0.332. The molecular formula is C24H20N2O5. The molecule has 1 atom stereocenters. The molecule has 7 nitrogen and oxygen atoms in total. The highest BCUT2D eigenvalue weighted by Gasteiger charge is 2.43. The van der Waals surface area contributed by atoms with Gasteiger partial charge in [-0.2, -0.15) is 0 Å². The fourth-order valence-corrected chi connectivity index (χ4v) is 3.45. The molecular weight excluding hydrogens is 396 g/mol. The first-order valence-electron chi connectivity index (χ1n) is 9.88. The van der Waals surface area contributed by atoms with Gasteiger partial charge in [0.2, 0.25) is 0 Å². The molecule has 0 unspecified atom stereocenters. The first-order chi connectivity index (χ1) is 15.1. The van der Waals surface area contributed by atoms with Gasteiger partial charge in [0.15, 0.2) is 0 Å². The summed E-state index contributed by atoms with van der Waals surface area (Å²) in [5.41, 5.74) is 2.06. The van der Waals surface area contributed by atoms with Gasteiger partial charge in [0.1, 0.15) is 11.8 Å². The summed E-state index contributed by atoms with van der Waals surface area (Å²) >= 11 is 0. The maximum atomic E-state index is 12.9. The van der Waals surface area contributed by atoms with Gasteiger partial charge in [0, 0.05) is 6.42 Å². The minimum atomic E-state index is -1.05. The lowest BCUT2D eigenvalue weighted by Gasteiger charge is -2.24. The highest BCUT2D eigenvalue weighted by atomic mass is 16.5. The molecule has 0 bridgehead atoms. The summed E-state index contributed by atoms with van der Waals surface area (Å²) in [6, 6.07) is 16.3. The number of hydrogen-bond acceptors (Lipinski definition) is 6. The zero-order valence-electron chi connectivity index (χ0n) is 16.9. The van der Waals surface area contributed by atoms with E-state index in [1.807, 2.05) is 0 Å². The second-order valence-corrected chi connectivity index (χ2v) is 6.94. The van der Waals surface area contributed by atoms with Crippen molar-refractivity contribution in [3.05, 3.63) is 89.4 Å². The SMILES string of the molecule is CCOC(=O)[C@H](Cc1ccc(N=Cc2ccco2)cc1)N1C(=O)c2ccccc2C1=O. The van der Waals surface area contributed by atoms with Gasteiger partial charge in [0.25, 0.3) is 11.8 Å². The number of carbonyl (C=O) groups is 3. The van der Waals surface area contributed by atoms with Gasteiger partial charge in [-0.15, -0.1) is 0 Å². The first-order valence-corrected chi connectivity index (χ1v) is 9.88. The number of ether oxygens (including phenoxy) is 1. The predicted octanol–water partition coefficient (Wildman–Crippen LogP) is 3.80. The lowest BCUT2D eigenvalue weighted by molar-refractivity contribution is -0.147. The number of benzene rings is 2. The molecule has 0 saturated heterocycles. The molecule has 2 heterocycles. The Morgan fingerprint density at radius 2 is 1.71 bits per heavy atom. The molecule has 31 heavy (non-hydrogen) atoms. The Balaban J connectivity index is 1.56. The number of nitrogens with zero attached hydrogens (tertiary/aromatic N) is 2. The van der Waals surface area contributed by atoms with Crippen molar-refractivity contribution in [2.24, 2.45) is 4.99 Å². The average Bonchev–Trinajstić information content (AvgIpc) is 3.39. The summed E-state index contributed by atoms with van der Waals surface area (Å²) in [4.78, 5) is 43.8. The van der Waals surface area contributed by atoms with Crippen LogP contribution in [-0.2, 0) is 16.0 Å². The molecule has 0 saturated carbocycles. The number of amides is 2. The highest BCUT2D eigenvalue weighted by molar-refractivity contribution is 6.22. The maximum Gasteiger partial charge on any atom is 0.329 e. The summed E-state index contributed by atoms with van der Waals surface area (Å²) in [6.07, 6.45) is 3.32. The fourth-order valence-electron chi connectivity index (χ4n) is 3.45. The lowest BCUT2D eigenvalue weighted by Crippen LogP contribution is -2.47. The number of furan rings is 1. The van der Waals surface area contributed by atoms with E-state index in [1.165, 1.54) is 0 Å². The van der Waals surface area contributed by atoms with E-state index in [9.17, 15) is 14.4 Å². The van der Waals surface area contributed by atoms with Crippen LogP contribution in [0.4, 0.5) is 5.69 Å². The summed E-state index contributed by atoms with van der Waals surface area (Å²) in [5.74, 6) is -0.953. The Bertz CT molecular complexity index is 1100. The zero-order chi connectivity index (χ0) is 21.8. The van der Waals surface area contributed by atoms with Crippen molar-refractivity contribution in [3.63, 3.8) is 0 Å². The predicted molar refractivity (Wildman–Crippen MR) is 113 cm³/mol. The van der Waals surface area contributed by atoms with E-state index in [1.54, 1.807) is 80.1 Å². The number of imide groups is 1. The third kappa shape index (κ3) is 4.16. The van der Waals surface area contributed by atoms with E-state index in [-0.39, 0.29) is 13.0 Å². The van der Waals surface area contributed by atoms with Gasteiger partial charge in [-0.25, -0.2) is 4.79 Å². The molecule has 1 aromatic heterocycles. The number of esters is 1. The van der Waals surface area contributed by atoms with E-state index in [2.05, 4.69) is 4.99 Å². The molecule has 4 rings (SSSR count). The third-order valence-electron chi connectivity index (χ3n) is 4.95. The van der Waals surface area contributed by atoms with Crippen LogP contribution in [0.1, 0.15) is 39.0 Å². The third-order valence-corrected chi connectivity index (χ3v) is 4.95. The Labute approximate surface area is 179 Å². The van der Waals surface area contributed by atoms with Crippen molar-refractivity contribution in [2.75, 3.05) is 6.61 Å². The molecule has 2 aromatic carbocycles. The molecule has 1 aliphatic heterocycles. The lowest BCUT2D eigenvalue weighted by atomic mass is 10.0. The number of hydrogen-bond donors (Lipinski definition) is 0. The normalized spacial score (nSPS) is 14.2. The summed E-state index contributed by atoms with van der Waals surface area (Å²) in [6.45, 7) is 1.84. The average molecular weight is 416 g/mol. The molecule has 0 fully saturated rings. The Morgan fingerprint density at radius 1 is 1.03 bits per heavy atom. The number of aliphatic imine (C=N–C) groups is 1. The molecule has 0 N–H and O–H groups in total. The summed E-state index contributed by atoms with van der Waals surface area (Å²) in [7, 11) is 0. The van der Waals surface area contributed by atoms with Crippen molar-refractivity contribution in [1.29, 1.82) is 0 Å². The van der Waals surface area contributed by atoms with E-state index < -0.39 is 23.8 Å². The van der Waals surface area contributed by atoms with Crippen molar-refractivity contribution in [3.8, 4) is 0 Å². The minimum absolute atomic E-state index is 0.145. The van der Waals surface area contributed by atoms with E-state index in [4.69, 9.17) is 9.15 Å². The second kappa shape index (κ2) is 8.79. The summed E-state index contributed by atoms with van der Waals surface area (Å²) in [5, 5.41) is 0. The van der Waals surface area contributed by atoms with Crippen LogP contribution in [0.15, 0.2) is 76.3 Å². The summed E-state index contributed by atoms with van der Waals surface area (Å²) < 4.78 is 10.4. The monoisotopic (exact) mass is 416 g/mol. The van der Waals surface area contributed by atoms with E-state index in [0.29, 0.717) is 22.6 Å². The van der Waals surface area contributed by atoms with Crippen LogP contribution < -0.4 is 0 Å². The van der Waals surface area contributed by atoms with Gasteiger partial charge in [0.05, 0.1) is 35.9 Å². The Kier molecular flexibility index (Phi) is 5.75. The van der Waals surface area contributed by atoms with Gasteiger partial charge in [-0.05, 0) is 48.9 Å². The smallest absolute Gasteiger partial charge is 0.329 e. The van der Waals surface area contributed by atoms with Crippen molar-refractivity contribution >= 4 is 29.7 Å². The minimum Gasteiger partial charge on any atom is -0.464 e. The highest BCUT2D eigenvalue weighted by Crippen LogP contribution is 2.27. The second-order valence-electron chi connectivity index (χ2n) is 6.94. The zero-order valence-corrected chi connectivity index (χ0v) is 16.9. The Morgan fingerprint density at radius 3 is 2.29 bits per heavy atom. The number of carbonyl (C=O) groups excluding carboxylic acids is 3.